The first-order valence-electron chi connectivity index (χ1n) is 6.96. The van der Waals surface area contributed by atoms with Crippen molar-refractivity contribution < 1.29 is 27.8 Å². The monoisotopic (exact) mass is 329 g/mol. The van der Waals surface area contributed by atoms with Crippen molar-refractivity contribution in [1.82, 2.24) is 0 Å². The number of rotatable bonds is 2. The lowest BCUT2D eigenvalue weighted by atomic mass is 10.2. The van der Waals surface area contributed by atoms with E-state index in [0.717, 1.165) is 21.9 Å². The molecule has 7 nitrogen and oxygen atoms in total. The maximum absolute atomic E-state index is 14.1. The fourth-order valence-electron chi connectivity index (χ4n) is 2.38. The highest BCUT2D eigenvalue weighted by Gasteiger charge is 2.33. The summed E-state index contributed by atoms with van der Waals surface area (Å²) in [5, 5.41) is 0. The Kier molecular flexibility index (Phi) is 4.99. The minimum atomic E-state index is -0.934. The van der Waals surface area contributed by atoms with Crippen LogP contribution in [0.25, 0.3) is 0 Å². The molecule has 2 N–H and O–H groups in total. The van der Waals surface area contributed by atoms with Crippen molar-refractivity contribution in [2.45, 2.75) is 13.0 Å². The normalized spacial score (nSPS) is 20.1. The number of nitrogens with zero attached hydrogens (tertiary/aromatic N) is 2. The summed E-state index contributed by atoms with van der Waals surface area (Å²) in [5.74, 6) is -1.87. The van der Waals surface area contributed by atoms with Gasteiger partial charge in [-0.25, -0.2) is 18.4 Å². The first-order valence-corrected chi connectivity index (χ1v) is 6.96. The number of cyclic esters (lactones) is 2. The van der Waals surface area contributed by atoms with Crippen LogP contribution < -0.4 is 15.5 Å². The summed E-state index contributed by atoms with van der Waals surface area (Å²) in [4.78, 5) is 25.0. The van der Waals surface area contributed by atoms with Crippen molar-refractivity contribution in [3.05, 3.63) is 23.8 Å². The van der Waals surface area contributed by atoms with Crippen LogP contribution in [0.3, 0.4) is 0 Å². The molecule has 126 valence electrons. The van der Waals surface area contributed by atoms with Gasteiger partial charge in [-0.05, 0) is 14.0 Å². The van der Waals surface area contributed by atoms with Crippen molar-refractivity contribution in [1.29, 1.82) is 0 Å². The van der Waals surface area contributed by atoms with Crippen molar-refractivity contribution in [2.75, 3.05) is 36.5 Å². The molecule has 1 aromatic rings. The third-order valence-corrected chi connectivity index (χ3v) is 3.31. The lowest BCUT2D eigenvalue weighted by molar-refractivity contribution is 0.150. The number of carbonyl (C=O) groups excluding carboxylic acids is 2. The molecule has 0 aromatic heterocycles. The third kappa shape index (κ3) is 3.19. The number of nitrogens with two attached hydrogens (primary N) is 1. The first kappa shape index (κ1) is 16.9. The zero-order valence-electron chi connectivity index (χ0n) is 12.7. The number of benzene rings is 1. The minimum absolute atomic E-state index is 0.0515. The number of anilines is 2. The Hall–Kier alpha value is -2.42. The summed E-state index contributed by atoms with van der Waals surface area (Å²) in [5.41, 5.74) is 4.08. The van der Waals surface area contributed by atoms with Crippen molar-refractivity contribution >= 4 is 23.6 Å². The van der Waals surface area contributed by atoms with E-state index in [4.69, 9.17) is 4.74 Å². The number of amides is 2. The van der Waals surface area contributed by atoms with E-state index in [9.17, 15) is 18.4 Å². The number of halogens is 2. The van der Waals surface area contributed by atoms with Gasteiger partial charge in [0, 0.05) is 12.1 Å². The fraction of sp³-hybridized carbons (Fsp3) is 0.429. The van der Waals surface area contributed by atoms with E-state index in [2.05, 4.69) is 10.5 Å². The zero-order valence-corrected chi connectivity index (χ0v) is 12.7. The molecule has 9 heteroatoms. The molecule has 0 spiro atoms. The van der Waals surface area contributed by atoms with Crippen LogP contribution in [0, 0.1) is 11.6 Å². The average Bonchev–Trinajstić information content (AvgIpc) is 3.06. The lowest BCUT2D eigenvalue weighted by Crippen LogP contribution is -2.27. The molecule has 0 bridgehead atoms. The Morgan fingerprint density at radius 3 is 2.17 bits per heavy atom. The number of hydrogen-bond donors (Lipinski definition) is 1. The SMILES string of the molecule is CC1CN(c2cc(F)c(N3CCOC3=O)c(F)c2)C(=O)O1.CN. The van der Waals surface area contributed by atoms with Crippen LogP contribution in [0.1, 0.15) is 6.92 Å². The number of carbonyl (C=O) groups is 2. The molecule has 23 heavy (non-hydrogen) atoms. The molecule has 3 rings (SSSR count). The molecule has 1 aromatic carbocycles. The van der Waals surface area contributed by atoms with Crippen LogP contribution in [-0.2, 0) is 9.47 Å². The highest BCUT2D eigenvalue weighted by atomic mass is 19.1. The zero-order chi connectivity index (χ0) is 17.1. The molecule has 1 unspecified atom stereocenters. The molecule has 2 heterocycles. The molecule has 1 atom stereocenters. The van der Waals surface area contributed by atoms with Crippen molar-refractivity contribution in [2.24, 2.45) is 5.73 Å². The van der Waals surface area contributed by atoms with E-state index >= 15 is 0 Å². The smallest absolute Gasteiger partial charge is 0.414 e. The highest BCUT2D eigenvalue weighted by molar-refractivity contribution is 5.92. The minimum Gasteiger partial charge on any atom is -0.447 e. The summed E-state index contributed by atoms with van der Waals surface area (Å²) < 4.78 is 37.9. The van der Waals surface area contributed by atoms with Crippen LogP contribution >= 0.6 is 0 Å². The molecule has 2 aliphatic heterocycles. The Morgan fingerprint density at radius 1 is 1.13 bits per heavy atom. The van der Waals surface area contributed by atoms with Crippen LogP contribution in [0.2, 0.25) is 0 Å². The Balaban J connectivity index is 0.000000924. The summed E-state index contributed by atoms with van der Waals surface area (Å²) in [7, 11) is 1.50. The van der Waals surface area contributed by atoms with Crippen LogP contribution in [0.15, 0.2) is 12.1 Å². The molecule has 0 radical (unpaired) electrons. The Labute approximate surface area is 131 Å². The fourth-order valence-corrected chi connectivity index (χ4v) is 2.38. The van der Waals surface area contributed by atoms with Gasteiger partial charge in [0.15, 0.2) is 11.6 Å². The average molecular weight is 329 g/mol. The third-order valence-electron chi connectivity index (χ3n) is 3.31. The maximum atomic E-state index is 14.1. The molecule has 2 fully saturated rings. The van der Waals surface area contributed by atoms with E-state index in [1.54, 1.807) is 6.92 Å². The number of hydrogen-bond acceptors (Lipinski definition) is 5. The van der Waals surface area contributed by atoms with Gasteiger partial charge >= 0.3 is 12.2 Å². The van der Waals surface area contributed by atoms with Gasteiger partial charge in [0.05, 0.1) is 18.8 Å². The predicted molar refractivity (Wildman–Crippen MR) is 78.5 cm³/mol. The van der Waals surface area contributed by atoms with E-state index in [1.165, 1.54) is 7.05 Å². The second-order valence-electron chi connectivity index (χ2n) is 4.83. The van der Waals surface area contributed by atoms with Gasteiger partial charge in [-0.2, -0.15) is 0 Å². The standard InChI is InChI=1S/C13H12F2N2O4.CH5N/c1-7-6-17(13(19)21-7)8-4-9(14)11(10(15)5-8)16-2-3-20-12(16)18;1-2/h4-5,7H,2-3,6H2,1H3;2H2,1H3. The molecule has 2 amide bonds. The summed E-state index contributed by atoms with van der Waals surface area (Å²) in [6, 6.07) is 2.01. The lowest BCUT2D eigenvalue weighted by Gasteiger charge is -2.18. The molecule has 2 saturated heterocycles. The maximum Gasteiger partial charge on any atom is 0.414 e. The van der Waals surface area contributed by atoms with Gasteiger partial charge in [-0.3, -0.25) is 9.80 Å². The van der Waals surface area contributed by atoms with Crippen LogP contribution in [-0.4, -0.2) is 45.0 Å². The van der Waals surface area contributed by atoms with Gasteiger partial charge in [0.2, 0.25) is 0 Å². The van der Waals surface area contributed by atoms with Gasteiger partial charge in [0.1, 0.15) is 18.4 Å². The highest BCUT2D eigenvalue weighted by Crippen LogP contribution is 2.32. The van der Waals surface area contributed by atoms with E-state index in [0.29, 0.717) is 0 Å². The van der Waals surface area contributed by atoms with Crippen molar-refractivity contribution in [3.63, 3.8) is 0 Å². The van der Waals surface area contributed by atoms with Crippen LogP contribution in [0.5, 0.6) is 0 Å². The van der Waals surface area contributed by atoms with E-state index in [-0.39, 0.29) is 31.5 Å². The largest absolute Gasteiger partial charge is 0.447 e. The second kappa shape index (κ2) is 6.78. The topological polar surface area (TPSA) is 85.1 Å². The molecular weight excluding hydrogens is 312 g/mol. The van der Waals surface area contributed by atoms with E-state index in [1.807, 2.05) is 0 Å². The van der Waals surface area contributed by atoms with Crippen LogP contribution in [0.4, 0.5) is 29.7 Å². The van der Waals surface area contributed by atoms with Gasteiger partial charge < -0.3 is 15.2 Å². The van der Waals surface area contributed by atoms with Gasteiger partial charge in [-0.15, -0.1) is 0 Å². The van der Waals surface area contributed by atoms with E-state index < -0.39 is 29.5 Å². The Morgan fingerprint density at radius 2 is 1.74 bits per heavy atom. The van der Waals surface area contributed by atoms with Gasteiger partial charge in [0.25, 0.3) is 0 Å². The summed E-state index contributed by atoms with van der Waals surface area (Å²) in [6.07, 6.45) is -1.80. The molecule has 0 aliphatic carbocycles. The Bertz CT molecular complexity index is 603. The predicted octanol–water partition coefficient (Wildman–Crippen LogP) is 1.84. The second-order valence-corrected chi connectivity index (χ2v) is 4.83. The summed E-state index contributed by atoms with van der Waals surface area (Å²) >= 11 is 0. The molecule has 2 aliphatic rings. The molecular formula is C14H17F2N3O4. The quantitative estimate of drug-likeness (QED) is 0.895. The van der Waals surface area contributed by atoms with Gasteiger partial charge in [-0.1, -0.05) is 0 Å². The summed E-state index contributed by atoms with van der Waals surface area (Å²) in [6.45, 7) is 2.05. The molecule has 0 saturated carbocycles. The van der Waals surface area contributed by atoms with Crippen molar-refractivity contribution in [3.8, 4) is 0 Å². The number of ether oxygens (including phenoxy) is 2. The first-order chi connectivity index (χ1) is 11.0.